The van der Waals surface area contributed by atoms with Gasteiger partial charge < -0.3 is 4.74 Å². The van der Waals surface area contributed by atoms with Gasteiger partial charge >= 0.3 is 0 Å². The molecule has 0 amide bonds. The van der Waals surface area contributed by atoms with Crippen LogP contribution in [-0.2, 0) is 6.42 Å². The molecule has 0 aromatic heterocycles. The molecule has 2 nitrogen and oxygen atoms in total. The maximum atomic E-state index is 13.8. The molecule has 2 aromatic rings. The predicted molar refractivity (Wildman–Crippen MR) is 75.1 cm³/mol. The normalized spacial score (nSPS) is 10.4. The van der Waals surface area contributed by atoms with E-state index in [9.17, 15) is 13.6 Å². The third-order valence-corrected chi connectivity index (χ3v) is 3.43. The highest BCUT2D eigenvalue weighted by Gasteiger charge is 2.19. The summed E-state index contributed by atoms with van der Waals surface area (Å²) in [5.41, 5.74) is 0.107. The number of halogens is 3. The summed E-state index contributed by atoms with van der Waals surface area (Å²) in [6, 6.07) is 9.10. The maximum absolute atomic E-state index is 13.8. The van der Waals surface area contributed by atoms with Gasteiger partial charge in [0, 0.05) is 6.42 Å². The lowest BCUT2D eigenvalue weighted by Gasteiger charge is -2.07. The quantitative estimate of drug-likeness (QED) is 0.617. The van der Waals surface area contributed by atoms with E-state index in [4.69, 9.17) is 4.74 Å². The zero-order valence-electron chi connectivity index (χ0n) is 10.6. The molecule has 0 fully saturated rings. The van der Waals surface area contributed by atoms with E-state index in [0.717, 1.165) is 6.07 Å². The first-order chi connectivity index (χ1) is 9.52. The highest BCUT2D eigenvalue weighted by atomic mass is 79.9. The predicted octanol–water partition coefficient (Wildman–Crippen LogP) is 4.16. The molecule has 0 spiro atoms. The molecule has 0 bridgehead atoms. The summed E-state index contributed by atoms with van der Waals surface area (Å²) in [5, 5.41) is 0. The van der Waals surface area contributed by atoms with Gasteiger partial charge in [0.15, 0.2) is 11.6 Å². The average molecular weight is 341 g/mol. The molecule has 0 atom stereocenters. The van der Waals surface area contributed by atoms with Crippen molar-refractivity contribution in [3.05, 3.63) is 63.6 Å². The number of hydrogen-bond acceptors (Lipinski definition) is 2. The van der Waals surface area contributed by atoms with E-state index in [1.165, 1.54) is 13.2 Å². The van der Waals surface area contributed by atoms with Gasteiger partial charge in [-0.2, -0.15) is 0 Å². The van der Waals surface area contributed by atoms with Crippen LogP contribution >= 0.6 is 15.9 Å². The SMILES string of the molecule is COc1cccc(CC(=O)c2c(F)ccc(Br)c2F)c1. The minimum atomic E-state index is -0.877. The van der Waals surface area contributed by atoms with Crippen molar-refractivity contribution >= 4 is 21.7 Å². The Morgan fingerprint density at radius 2 is 2.00 bits per heavy atom. The minimum absolute atomic E-state index is 0.0629. The van der Waals surface area contributed by atoms with Crippen molar-refractivity contribution < 1.29 is 18.3 Å². The molecule has 0 N–H and O–H groups in total. The summed E-state index contributed by atoms with van der Waals surface area (Å²) >= 11 is 2.94. The third-order valence-electron chi connectivity index (χ3n) is 2.82. The molecular formula is C15H11BrF2O2. The van der Waals surface area contributed by atoms with Crippen LogP contribution in [-0.4, -0.2) is 12.9 Å². The molecule has 0 saturated carbocycles. The van der Waals surface area contributed by atoms with Gasteiger partial charge in [-0.1, -0.05) is 12.1 Å². The highest BCUT2D eigenvalue weighted by molar-refractivity contribution is 9.10. The Balaban J connectivity index is 2.31. The van der Waals surface area contributed by atoms with E-state index < -0.39 is 23.0 Å². The first-order valence-electron chi connectivity index (χ1n) is 5.82. The van der Waals surface area contributed by atoms with Crippen molar-refractivity contribution in [3.8, 4) is 5.75 Å². The van der Waals surface area contributed by atoms with Crippen molar-refractivity contribution in [3.63, 3.8) is 0 Å². The van der Waals surface area contributed by atoms with E-state index in [0.29, 0.717) is 11.3 Å². The monoisotopic (exact) mass is 340 g/mol. The van der Waals surface area contributed by atoms with E-state index in [1.54, 1.807) is 24.3 Å². The van der Waals surface area contributed by atoms with Crippen molar-refractivity contribution in [1.82, 2.24) is 0 Å². The van der Waals surface area contributed by atoms with Crippen molar-refractivity contribution in [2.24, 2.45) is 0 Å². The van der Waals surface area contributed by atoms with E-state index >= 15 is 0 Å². The molecule has 20 heavy (non-hydrogen) atoms. The molecule has 0 saturated heterocycles. The molecule has 5 heteroatoms. The highest BCUT2D eigenvalue weighted by Crippen LogP contribution is 2.23. The number of ketones is 1. The molecule has 0 aliphatic heterocycles. The first kappa shape index (κ1) is 14.7. The lowest BCUT2D eigenvalue weighted by atomic mass is 10.0. The van der Waals surface area contributed by atoms with Gasteiger partial charge in [0.05, 0.1) is 17.1 Å². The molecule has 0 heterocycles. The fourth-order valence-electron chi connectivity index (χ4n) is 1.84. The number of carbonyl (C=O) groups excluding carboxylic acids is 1. The van der Waals surface area contributed by atoms with E-state index in [2.05, 4.69) is 15.9 Å². The average Bonchev–Trinajstić information content (AvgIpc) is 2.43. The standard InChI is InChI=1S/C15H11BrF2O2/c1-20-10-4-2-3-9(7-10)8-13(19)14-12(17)6-5-11(16)15(14)18/h2-7H,8H2,1H3. The molecule has 0 aliphatic rings. The van der Waals surface area contributed by atoms with Gasteiger partial charge in [-0.3, -0.25) is 4.79 Å². The number of Topliss-reactive ketones (excluding diaryl/α,β-unsaturated/α-hetero) is 1. The maximum Gasteiger partial charge on any atom is 0.173 e. The number of ether oxygens (including phenoxy) is 1. The Morgan fingerprint density at radius 3 is 2.70 bits per heavy atom. The zero-order valence-corrected chi connectivity index (χ0v) is 12.2. The second-order valence-corrected chi connectivity index (χ2v) is 5.02. The Bertz CT molecular complexity index is 656. The smallest absolute Gasteiger partial charge is 0.173 e. The first-order valence-corrected chi connectivity index (χ1v) is 6.62. The van der Waals surface area contributed by atoms with Crippen LogP contribution in [0.25, 0.3) is 0 Å². The molecule has 0 radical (unpaired) electrons. The lowest BCUT2D eigenvalue weighted by Crippen LogP contribution is -2.09. The number of hydrogen-bond donors (Lipinski definition) is 0. The number of rotatable bonds is 4. The van der Waals surface area contributed by atoms with Gasteiger partial charge in [0.25, 0.3) is 0 Å². The van der Waals surface area contributed by atoms with Crippen LogP contribution < -0.4 is 4.74 Å². The summed E-state index contributed by atoms with van der Waals surface area (Å²) in [6.07, 6.45) is -0.0957. The summed E-state index contributed by atoms with van der Waals surface area (Å²) in [6.45, 7) is 0. The fraction of sp³-hybridized carbons (Fsp3) is 0.133. The Labute approximate surface area is 123 Å². The van der Waals surface area contributed by atoms with Crippen molar-refractivity contribution in [1.29, 1.82) is 0 Å². The van der Waals surface area contributed by atoms with E-state index in [1.807, 2.05) is 0 Å². The second kappa shape index (κ2) is 6.13. The van der Waals surface area contributed by atoms with Crippen LogP contribution in [0.1, 0.15) is 15.9 Å². The summed E-state index contributed by atoms with van der Waals surface area (Å²) < 4.78 is 32.6. The van der Waals surface area contributed by atoms with Crippen LogP contribution in [0.2, 0.25) is 0 Å². The molecule has 0 aliphatic carbocycles. The molecule has 104 valence electrons. The van der Waals surface area contributed by atoms with Gasteiger partial charge in [-0.05, 0) is 45.8 Å². The van der Waals surface area contributed by atoms with Crippen LogP contribution in [0.5, 0.6) is 5.75 Å². The molecule has 0 unspecified atom stereocenters. The summed E-state index contributed by atoms with van der Waals surface area (Å²) in [5.74, 6) is -1.77. The van der Waals surface area contributed by atoms with E-state index in [-0.39, 0.29) is 10.9 Å². The number of carbonyl (C=O) groups is 1. The summed E-state index contributed by atoms with van der Waals surface area (Å²) in [7, 11) is 1.51. The topological polar surface area (TPSA) is 26.3 Å². The second-order valence-electron chi connectivity index (χ2n) is 4.17. The third kappa shape index (κ3) is 3.04. The van der Waals surface area contributed by atoms with Gasteiger partial charge in [0.2, 0.25) is 0 Å². The van der Waals surface area contributed by atoms with Crippen LogP contribution in [0.3, 0.4) is 0 Å². The fourth-order valence-corrected chi connectivity index (χ4v) is 2.17. The van der Waals surface area contributed by atoms with Crippen molar-refractivity contribution in [2.75, 3.05) is 7.11 Å². The van der Waals surface area contributed by atoms with Gasteiger partial charge in [-0.15, -0.1) is 0 Å². The molecule has 2 aromatic carbocycles. The molecular weight excluding hydrogens is 330 g/mol. The van der Waals surface area contributed by atoms with Crippen LogP contribution in [0.15, 0.2) is 40.9 Å². The largest absolute Gasteiger partial charge is 0.497 e. The van der Waals surface area contributed by atoms with Gasteiger partial charge in [-0.25, -0.2) is 8.78 Å². The Morgan fingerprint density at radius 1 is 1.25 bits per heavy atom. The van der Waals surface area contributed by atoms with Crippen LogP contribution in [0, 0.1) is 11.6 Å². The lowest BCUT2D eigenvalue weighted by molar-refractivity contribution is 0.0984. The zero-order chi connectivity index (χ0) is 14.7. The number of methoxy groups -OCH3 is 1. The summed E-state index contributed by atoms with van der Waals surface area (Å²) in [4.78, 5) is 12.1. The van der Waals surface area contributed by atoms with Crippen molar-refractivity contribution in [2.45, 2.75) is 6.42 Å². The molecule has 2 rings (SSSR count). The van der Waals surface area contributed by atoms with Gasteiger partial charge in [0.1, 0.15) is 11.6 Å². The van der Waals surface area contributed by atoms with Crippen LogP contribution in [0.4, 0.5) is 8.78 Å². The number of benzene rings is 2. The Hall–Kier alpha value is -1.75. The Kier molecular flexibility index (Phi) is 4.49. The minimum Gasteiger partial charge on any atom is -0.497 e.